The van der Waals surface area contributed by atoms with Gasteiger partial charge in [0.05, 0.1) is 17.1 Å². The van der Waals surface area contributed by atoms with E-state index in [-0.39, 0.29) is 27.0 Å². The lowest BCUT2D eigenvalue weighted by atomic mass is 10.2. The van der Waals surface area contributed by atoms with Crippen molar-refractivity contribution in [3.05, 3.63) is 44.7 Å². The smallest absolute Gasteiger partial charge is 0.409 e. The number of thiocarbonyl (C=S) groups is 1. The molecule has 0 unspecified atom stereocenters. The maximum absolute atomic E-state index is 13.5. The van der Waals surface area contributed by atoms with Gasteiger partial charge in [-0.15, -0.1) is 0 Å². The number of aromatic nitrogens is 2. The van der Waals surface area contributed by atoms with Gasteiger partial charge in [0.1, 0.15) is 22.3 Å². The first-order valence-corrected chi connectivity index (χ1v) is 12.1. The zero-order valence-electron chi connectivity index (χ0n) is 19.1. The third-order valence-corrected chi connectivity index (χ3v) is 6.99. The predicted molar refractivity (Wildman–Crippen MR) is 135 cm³/mol. The fourth-order valence-corrected chi connectivity index (χ4v) is 5.12. The molecule has 0 aromatic carbocycles. The highest BCUT2D eigenvalue weighted by Gasteiger charge is 2.34. The van der Waals surface area contributed by atoms with Gasteiger partial charge in [-0.1, -0.05) is 30.0 Å². The molecule has 0 atom stereocenters. The number of carboxylic acids is 1. The van der Waals surface area contributed by atoms with Gasteiger partial charge < -0.3 is 19.6 Å². The first-order valence-electron chi connectivity index (χ1n) is 10.9. The first kappa shape index (κ1) is 24.7. The monoisotopic (exact) mass is 517 g/mol. The summed E-state index contributed by atoms with van der Waals surface area (Å²) in [6.07, 6.45) is 2.64. The molecule has 13 heteroatoms. The number of thioether (sulfide) groups is 1. The van der Waals surface area contributed by atoms with E-state index in [1.807, 2.05) is 17.9 Å². The van der Waals surface area contributed by atoms with Gasteiger partial charge in [-0.25, -0.2) is 9.78 Å². The number of carbonyl (C=O) groups is 3. The van der Waals surface area contributed by atoms with E-state index in [1.165, 1.54) is 10.5 Å². The lowest BCUT2D eigenvalue weighted by molar-refractivity contribution is -0.140. The summed E-state index contributed by atoms with van der Waals surface area (Å²) in [6.45, 7) is 4.91. The molecule has 4 heterocycles. The number of anilines is 1. The SMILES string of the molecule is CCOC(=O)N1CCN(c2nc3c(C)cccn3c(=O)c2C=C2SC(=S)N(CC(=O)O)C2=O)CC1. The standard InChI is InChI=1S/C22H23N5O6S2/c1-3-33-21(32)25-9-7-24(8-10-25)18-14(19(30)26-6-4-5-13(2)17(26)23-18)11-15-20(31)27(12-16(28)29)22(34)35-15/h4-6,11H,3,7-10,12H2,1-2H3,(H,28,29). The molecule has 35 heavy (non-hydrogen) atoms. The van der Waals surface area contributed by atoms with Gasteiger partial charge in [-0.05, 0) is 31.6 Å². The van der Waals surface area contributed by atoms with Gasteiger partial charge in [0.15, 0.2) is 0 Å². The van der Waals surface area contributed by atoms with Crippen molar-refractivity contribution < 1.29 is 24.2 Å². The molecule has 2 aromatic rings. The number of carbonyl (C=O) groups excluding carboxylic acids is 2. The van der Waals surface area contributed by atoms with Crippen molar-refractivity contribution in [1.82, 2.24) is 19.2 Å². The number of carboxylic acid groups (broad SMARTS) is 1. The van der Waals surface area contributed by atoms with Crippen molar-refractivity contribution in [2.24, 2.45) is 0 Å². The third kappa shape index (κ3) is 4.86. The number of ether oxygens (including phenoxy) is 1. The summed E-state index contributed by atoms with van der Waals surface area (Å²) in [5.74, 6) is -1.38. The van der Waals surface area contributed by atoms with Gasteiger partial charge in [0.2, 0.25) is 0 Å². The molecule has 1 N–H and O–H groups in total. The summed E-state index contributed by atoms with van der Waals surface area (Å²) in [7, 11) is 0. The van der Waals surface area contributed by atoms with Crippen molar-refractivity contribution in [3.8, 4) is 0 Å². The van der Waals surface area contributed by atoms with Gasteiger partial charge in [0, 0.05) is 32.4 Å². The van der Waals surface area contributed by atoms with E-state index < -0.39 is 24.5 Å². The molecule has 2 amide bonds. The maximum Gasteiger partial charge on any atom is 0.409 e. The van der Waals surface area contributed by atoms with Crippen LogP contribution in [0.1, 0.15) is 18.1 Å². The molecule has 2 aromatic heterocycles. The second kappa shape index (κ2) is 10.0. The Morgan fingerprint density at radius 2 is 1.97 bits per heavy atom. The van der Waals surface area contributed by atoms with Crippen LogP contribution in [0.3, 0.4) is 0 Å². The molecule has 2 aliphatic heterocycles. The van der Waals surface area contributed by atoms with E-state index in [0.29, 0.717) is 37.6 Å². The zero-order valence-corrected chi connectivity index (χ0v) is 20.7. The molecular formula is C22H23N5O6S2. The predicted octanol–water partition coefficient (Wildman–Crippen LogP) is 1.57. The van der Waals surface area contributed by atoms with Crippen LogP contribution in [0.4, 0.5) is 10.6 Å². The second-order valence-corrected chi connectivity index (χ2v) is 9.55. The Morgan fingerprint density at radius 3 is 2.63 bits per heavy atom. The molecule has 2 saturated heterocycles. The number of piperazine rings is 1. The van der Waals surface area contributed by atoms with Gasteiger partial charge in [0.25, 0.3) is 11.5 Å². The van der Waals surface area contributed by atoms with Crippen LogP contribution in [0, 0.1) is 6.92 Å². The molecule has 0 saturated carbocycles. The van der Waals surface area contributed by atoms with Crippen molar-refractivity contribution in [2.75, 3.05) is 44.2 Å². The van der Waals surface area contributed by atoms with Crippen LogP contribution < -0.4 is 10.5 Å². The molecule has 0 radical (unpaired) electrons. The lowest BCUT2D eigenvalue weighted by Gasteiger charge is -2.35. The number of fused-ring (bicyclic) bond motifs is 1. The minimum atomic E-state index is -1.19. The molecule has 4 rings (SSSR count). The average Bonchev–Trinajstić information content (AvgIpc) is 3.08. The van der Waals surface area contributed by atoms with E-state index in [2.05, 4.69) is 0 Å². The number of aryl methyl sites for hydroxylation is 1. The molecule has 11 nitrogen and oxygen atoms in total. The number of pyridine rings is 1. The van der Waals surface area contributed by atoms with Crippen LogP contribution in [0.25, 0.3) is 11.7 Å². The first-order chi connectivity index (χ1) is 16.7. The molecule has 0 bridgehead atoms. The number of amides is 2. The van der Waals surface area contributed by atoms with Crippen molar-refractivity contribution >= 4 is 63.8 Å². The minimum Gasteiger partial charge on any atom is -0.480 e. The number of rotatable bonds is 5. The Bertz CT molecular complexity index is 1320. The average molecular weight is 518 g/mol. The highest BCUT2D eigenvalue weighted by molar-refractivity contribution is 8.26. The summed E-state index contributed by atoms with van der Waals surface area (Å²) < 4.78 is 6.60. The number of aliphatic carboxylic acids is 1. The van der Waals surface area contributed by atoms with Gasteiger partial charge in [-0.2, -0.15) is 0 Å². The number of nitrogens with zero attached hydrogens (tertiary/aromatic N) is 5. The fourth-order valence-electron chi connectivity index (χ4n) is 3.89. The summed E-state index contributed by atoms with van der Waals surface area (Å²) in [5.41, 5.74) is 1.10. The number of hydrogen-bond acceptors (Lipinski definition) is 9. The zero-order chi connectivity index (χ0) is 25.3. The van der Waals surface area contributed by atoms with E-state index >= 15 is 0 Å². The van der Waals surface area contributed by atoms with Crippen molar-refractivity contribution in [2.45, 2.75) is 13.8 Å². The quantitative estimate of drug-likeness (QED) is 0.461. The Kier molecular flexibility index (Phi) is 7.08. The Balaban J connectivity index is 1.76. The molecular weight excluding hydrogens is 494 g/mol. The fraction of sp³-hybridized carbons (Fsp3) is 0.364. The van der Waals surface area contributed by atoms with Gasteiger partial charge >= 0.3 is 12.1 Å². The van der Waals surface area contributed by atoms with Gasteiger partial charge in [-0.3, -0.25) is 23.7 Å². The highest BCUT2D eigenvalue weighted by atomic mass is 32.2. The Morgan fingerprint density at radius 1 is 1.26 bits per heavy atom. The largest absolute Gasteiger partial charge is 0.480 e. The van der Waals surface area contributed by atoms with Crippen LogP contribution in [-0.2, 0) is 14.3 Å². The molecule has 184 valence electrons. The summed E-state index contributed by atoms with van der Waals surface area (Å²) >= 11 is 6.12. The third-order valence-electron chi connectivity index (χ3n) is 5.61. The molecule has 0 spiro atoms. The molecule has 2 aliphatic rings. The summed E-state index contributed by atoms with van der Waals surface area (Å²) in [4.78, 5) is 59.0. The van der Waals surface area contributed by atoms with Crippen molar-refractivity contribution in [3.63, 3.8) is 0 Å². The highest BCUT2D eigenvalue weighted by Crippen LogP contribution is 2.33. The van der Waals surface area contributed by atoms with E-state index in [9.17, 15) is 19.2 Å². The van der Waals surface area contributed by atoms with Crippen LogP contribution >= 0.6 is 24.0 Å². The molecule has 0 aliphatic carbocycles. The summed E-state index contributed by atoms with van der Waals surface area (Å²) in [6, 6.07) is 3.58. The summed E-state index contributed by atoms with van der Waals surface area (Å²) in [5, 5.41) is 9.09. The van der Waals surface area contributed by atoms with E-state index in [4.69, 9.17) is 27.0 Å². The van der Waals surface area contributed by atoms with Crippen LogP contribution in [-0.4, -0.2) is 85.9 Å². The second-order valence-electron chi connectivity index (χ2n) is 7.87. The topological polar surface area (TPSA) is 125 Å². The van der Waals surface area contributed by atoms with Crippen LogP contribution in [0.15, 0.2) is 28.0 Å². The lowest BCUT2D eigenvalue weighted by Crippen LogP contribution is -2.49. The Hall–Kier alpha value is -3.45. The van der Waals surface area contributed by atoms with E-state index in [0.717, 1.165) is 22.2 Å². The Labute approximate surface area is 210 Å². The minimum absolute atomic E-state index is 0.109. The molecule has 2 fully saturated rings. The normalized spacial score (nSPS) is 17.5. The maximum atomic E-state index is 13.5. The van der Waals surface area contributed by atoms with Crippen molar-refractivity contribution in [1.29, 1.82) is 0 Å². The van der Waals surface area contributed by atoms with E-state index in [1.54, 1.807) is 24.1 Å². The number of hydrogen-bond donors (Lipinski definition) is 1. The van der Waals surface area contributed by atoms with Crippen LogP contribution in [0.5, 0.6) is 0 Å². The van der Waals surface area contributed by atoms with Crippen LogP contribution in [0.2, 0.25) is 0 Å².